The molecule has 15 heavy (non-hydrogen) atoms. The molecule has 0 saturated heterocycles. The molecule has 0 unspecified atom stereocenters. The van der Waals surface area contributed by atoms with Crippen molar-refractivity contribution < 1.29 is 13.9 Å². The molecule has 2 nitrogen and oxygen atoms in total. The molecule has 0 aliphatic rings. The number of hydrogen-bond donors (Lipinski definition) is 0. The van der Waals surface area contributed by atoms with Gasteiger partial charge in [-0.05, 0) is 39.0 Å². The minimum absolute atomic E-state index is 0.141. The van der Waals surface area contributed by atoms with Gasteiger partial charge in [-0.25, -0.2) is 9.18 Å². The van der Waals surface area contributed by atoms with Crippen LogP contribution in [0.3, 0.4) is 0 Å². The quantitative estimate of drug-likeness (QED) is 0.691. The molecule has 0 fully saturated rings. The van der Waals surface area contributed by atoms with Crippen LogP contribution in [0, 0.1) is 5.82 Å². The van der Waals surface area contributed by atoms with Crippen LogP contribution in [-0.2, 0) is 4.74 Å². The Morgan fingerprint density at radius 2 is 2.00 bits per heavy atom. The third-order valence-corrected chi connectivity index (χ3v) is 1.78. The maximum Gasteiger partial charge on any atom is 0.341 e. The average molecular weight is 231 g/mol. The lowest BCUT2D eigenvalue weighted by Gasteiger charge is -2.19. The number of ether oxygens (including phenoxy) is 1. The number of carbonyl (C=O) groups is 1. The fourth-order valence-electron chi connectivity index (χ4n) is 0.987. The van der Waals surface area contributed by atoms with Crippen LogP contribution in [0.4, 0.5) is 4.39 Å². The first kappa shape index (κ1) is 12.0. The van der Waals surface area contributed by atoms with Crippen molar-refractivity contribution in [3.8, 4) is 0 Å². The molecular weight excluding hydrogens is 219 g/mol. The lowest BCUT2D eigenvalue weighted by molar-refractivity contribution is 0.00647. The van der Waals surface area contributed by atoms with Crippen LogP contribution in [0.15, 0.2) is 18.2 Å². The number of halogens is 2. The van der Waals surface area contributed by atoms with E-state index in [4.69, 9.17) is 16.3 Å². The summed E-state index contributed by atoms with van der Waals surface area (Å²) in [5.74, 6) is -1.34. The molecule has 0 aliphatic heterocycles. The molecule has 1 rings (SSSR count). The van der Waals surface area contributed by atoms with Crippen molar-refractivity contribution in [2.75, 3.05) is 0 Å². The van der Waals surface area contributed by atoms with Crippen molar-refractivity contribution in [1.29, 1.82) is 0 Å². The predicted molar refractivity (Wildman–Crippen MR) is 56.6 cm³/mol. The number of rotatable bonds is 1. The van der Waals surface area contributed by atoms with E-state index in [1.54, 1.807) is 20.8 Å². The largest absolute Gasteiger partial charge is 0.456 e. The van der Waals surface area contributed by atoms with Crippen LogP contribution in [0.5, 0.6) is 0 Å². The lowest BCUT2D eigenvalue weighted by Crippen LogP contribution is -2.24. The van der Waals surface area contributed by atoms with Crippen molar-refractivity contribution in [1.82, 2.24) is 0 Å². The summed E-state index contributed by atoms with van der Waals surface area (Å²) in [6, 6.07) is 3.78. The Labute approximate surface area is 93.0 Å². The molecule has 0 bridgehead atoms. The molecule has 0 atom stereocenters. The summed E-state index contributed by atoms with van der Waals surface area (Å²) in [4.78, 5) is 11.5. The molecule has 0 amide bonds. The Morgan fingerprint density at radius 1 is 1.40 bits per heavy atom. The zero-order valence-corrected chi connectivity index (χ0v) is 9.56. The van der Waals surface area contributed by atoms with Gasteiger partial charge in [0.25, 0.3) is 0 Å². The third-order valence-electron chi connectivity index (χ3n) is 1.55. The van der Waals surface area contributed by atoms with Crippen LogP contribution < -0.4 is 0 Å². The molecule has 1 aromatic carbocycles. The topological polar surface area (TPSA) is 26.3 Å². The standard InChI is InChI=1S/C11H12ClFO2/c1-11(2,3)15-10(14)8-6-7(12)4-5-9(8)13/h4-6H,1-3H3. The normalized spacial score (nSPS) is 11.3. The average Bonchev–Trinajstić information content (AvgIpc) is 2.06. The van der Waals surface area contributed by atoms with Gasteiger partial charge < -0.3 is 4.74 Å². The number of esters is 1. The SMILES string of the molecule is CC(C)(C)OC(=O)c1cc(Cl)ccc1F. The zero-order valence-electron chi connectivity index (χ0n) is 8.80. The monoisotopic (exact) mass is 230 g/mol. The molecule has 0 aromatic heterocycles. The van der Waals surface area contributed by atoms with Crippen LogP contribution >= 0.6 is 11.6 Å². The maximum absolute atomic E-state index is 13.2. The van der Waals surface area contributed by atoms with Gasteiger partial charge in [-0.1, -0.05) is 11.6 Å². The van der Waals surface area contributed by atoms with E-state index in [-0.39, 0.29) is 5.56 Å². The molecule has 1 aromatic rings. The Balaban J connectivity index is 2.96. The maximum atomic E-state index is 13.2. The van der Waals surface area contributed by atoms with E-state index in [0.717, 1.165) is 6.07 Å². The first-order valence-electron chi connectivity index (χ1n) is 4.48. The van der Waals surface area contributed by atoms with Gasteiger partial charge >= 0.3 is 5.97 Å². The fourth-order valence-corrected chi connectivity index (χ4v) is 1.16. The highest BCUT2D eigenvalue weighted by atomic mass is 35.5. The lowest BCUT2D eigenvalue weighted by atomic mass is 10.1. The van der Waals surface area contributed by atoms with E-state index in [1.165, 1.54) is 12.1 Å². The molecule has 0 spiro atoms. The minimum Gasteiger partial charge on any atom is -0.456 e. The number of carbonyl (C=O) groups excluding carboxylic acids is 1. The Hall–Kier alpha value is -1.09. The highest BCUT2D eigenvalue weighted by Crippen LogP contribution is 2.18. The molecular formula is C11H12ClFO2. The Bertz CT molecular complexity index is 383. The summed E-state index contributed by atoms with van der Waals surface area (Å²) in [5, 5.41) is 0.303. The summed E-state index contributed by atoms with van der Waals surface area (Å²) in [7, 11) is 0. The molecule has 4 heteroatoms. The Morgan fingerprint density at radius 3 is 2.53 bits per heavy atom. The van der Waals surface area contributed by atoms with Crippen LogP contribution in [-0.4, -0.2) is 11.6 Å². The fraction of sp³-hybridized carbons (Fsp3) is 0.364. The number of hydrogen-bond acceptors (Lipinski definition) is 2. The highest BCUT2D eigenvalue weighted by molar-refractivity contribution is 6.30. The highest BCUT2D eigenvalue weighted by Gasteiger charge is 2.20. The van der Waals surface area contributed by atoms with Gasteiger partial charge in [-0.2, -0.15) is 0 Å². The van der Waals surface area contributed by atoms with E-state index in [2.05, 4.69) is 0 Å². The first-order chi connectivity index (χ1) is 6.79. The van der Waals surface area contributed by atoms with Gasteiger partial charge in [-0.3, -0.25) is 0 Å². The smallest absolute Gasteiger partial charge is 0.341 e. The van der Waals surface area contributed by atoms with E-state index in [1.807, 2.05) is 0 Å². The molecule has 82 valence electrons. The number of benzene rings is 1. The molecule has 0 aliphatic carbocycles. The molecule has 0 saturated carbocycles. The van der Waals surface area contributed by atoms with Gasteiger partial charge in [0.1, 0.15) is 11.4 Å². The zero-order chi connectivity index (χ0) is 11.6. The van der Waals surface area contributed by atoms with E-state index < -0.39 is 17.4 Å². The van der Waals surface area contributed by atoms with E-state index >= 15 is 0 Å². The second-order valence-corrected chi connectivity index (χ2v) is 4.56. The van der Waals surface area contributed by atoms with Crippen molar-refractivity contribution in [2.24, 2.45) is 0 Å². The van der Waals surface area contributed by atoms with E-state index in [0.29, 0.717) is 5.02 Å². The summed E-state index contributed by atoms with van der Waals surface area (Å²) in [5.41, 5.74) is -0.788. The van der Waals surface area contributed by atoms with Crippen LogP contribution in [0.25, 0.3) is 0 Å². The van der Waals surface area contributed by atoms with Crippen LogP contribution in [0.2, 0.25) is 5.02 Å². The van der Waals surface area contributed by atoms with Crippen molar-refractivity contribution in [3.05, 3.63) is 34.6 Å². The van der Waals surface area contributed by atoms with Crippen molar-refractivity contribution in [2.45, 2.75) is 26.4 Å². The van der Waals surface area contributed by atoms with Crippen LogP contribution in [0.1, 0.15) is 31.1 Å². The van der Waals surface area contributed by atoms with Gasteiger partial charge in [0, 0.05) is 5.02 Å². The second kappa shape index (κ2) is 4.19. The van der Waals surface area contributed by atoms with Gasteiger partial charge in [-0.15, -0.1) is 0 Å². The minimum atomic E-state index is -0.706. The van der Waals surface area contributed by atoms with Crippen molar-refractivity contribution in [3.63, 3.8) is 0 Å². The summed E-state index contributed by atoms with van der Waals surface area (Å²) < 4.78 is 18.3. The first-order valence-corrected chi connectivity index (χ1v) is 4.86. The van der Waals surface area contributed by atoms with E-state index in [9.17, 15) is 9.18 Å². The molecule has 0 radical (unpaired) electrons. The Kier molecular flexibility index (Phi) is 3.35. The molecule has 0 N–H and O–H groups in total. The summed E-state index contributed by atoms with van der Waals surface area (Å²) in [6.45, 7) is 5.15. The van der Waals surface area contributed by atoms with Crippen molar-refractivity contribution >= 4 is 17.6 Å². The third kappa shape index (κ3) is 3.51. The van der Waals surface area contributed by atoms with Gasteiger partial charge in [0.2, 0.25) is 0 Å². The summed E-state index contributed by atoms with van der Waals surface area (Å²) >= 11 is 5.66. The second-order valence-electron chi connectivity index (χ2n) is 4.13. The van der Waals surface area contributed by atoms with Gasteiger partial charge in [0.15, 0.2) is 0 Å². The summed E-state index contributed by atoms with van der Waals surface area (Å²) in [6.07, 6.45) is 0. The predicted octanol–water partition coefficient (Wildman–Crippen LogP) is 3.43. The molecule has 0 heterocycles. The van der Waals surface area contributed by atoms with Gasteiger partial charge in [0.05, 0.1) is 5.56 Å².